The lowest BCUT2D eigenvalue weighted by Gasteiger charge is -2.09. The third-order valence-electron chi connectivity index (χ3n) is 2.50. The van der Waals surface area contributed by atoms with Gasteiger partial charge < -0.3 is 4.90 Å². The number of nitrogens with zero attached hydrogens (tertiary/aromatic N) is 2. The lowest BCUT2D eigenvalue weighted by atomic mass is 10.2. The Labute approximate surface area is 106 Å². The predicted molar refractivity (Wildman–Crippen MR) is 68.3 cm³/mol. The van der Waals surface area contributed by atoms with Gasteiger partial charge in [-0.05, 0) is 12.1 Å². The van der Waals surface area contributed by atoms with Crippen LogP contribution in [0.2, 0.25) is 0 Å². The maximum absolute atomic E-state index is 11.8. The molecule has 1 heterocycles. The molecule has 0 spiro atoms. The molecule has 0 unspecified atom stereocenters. The fourth-order valence-corrected chi connectivity index (χ4v) is 1.49. The molecule has 0 N–H and O–H groups in total. The second-order valence-electron chi connectivity index (χ2n) is 4.06. The average Bonchev–Trinajstić information content (AvgIpc) is 2.40. The number of hydrogen-bond donors (Lipinski definition) is 0. The molecule has 0 aliphatic carbocycles. The Morgan fingerprint density at radius 3 is 2.22 bits per heavy atom. The van der Waals surface area contributed by atoms with Crippen LogP contribution < -0.4 is 14.5 Å². The van der Waals surface area contributed by atoms with Gasteiger partial charge in [-0.3, -0.25) is 0 Å². The molecular formula is C14H15N2O2+. The maximum Gasteiger partial charge on any atom is 0.411 e. The largest absolute Gasteiger partial charge is 0.411 e. The summed E-state index contributed by atoms with van der Waals surface area (Å²) < 4.78 is 1.39. The number of pyridine rings is 1. The van der Waals surface area contributed by atoms with Crippen molar-refractivity contribution in [3.05, 3.63) is 60.4 Å². The van der Waals surface area contributed by atoms with Gasteiger partial charge in [0, 0.05) is 36.6 Å². The quantitative estimate of drug-likeness (QED) is 0.762. The molecule has 4 nitrogen and oxygen atoms in total. The van der Waals surface area contributed by atoms with Crippen LogP contribution in [0, 0.1) is 0 Å². The summed E-state index contributed by atoms with van der Waals surface area (Å²) in [5.74, 6) is -0.377. The molecule has 1 aromatic heterocycles. The summed E-state index contributed by atoms with van der Waals surface area (Å²) in [6.07, 6.45) is 3.41. The second-order valence-corrected chi connectivity index (χ2v) is 4.06. The third kappa shape index (κ3) is 2.85. The molecular weight excluding hydrogens is 228 g/mol. The molecule has 0 atom stereocenters. The molecule has 18 heavy (non-hydrogen) atoms. The van der Waals surface area contributed by atoms with Crippen molar-refractivity contribution >= 4 is 11.7 Å². The van der Waals surface area contributed by atoms with E-state index in [1.165, 1.54) is 4.73 Å². The van der Waals surface area contributed by atoms with Crippen molar-refractivity contribution in [3.8, 4) is 0 Å². The van der Waals surface area contributed by atoms with Crippen molar-refractivity contribution in [2.24, 2.45) is 0 Å². The minimum atomic E-state index is -0.377. The summed E-state index contributed by atoms with van der Waals surface area (Å²) in [7, 11) is 3.91. The Morgan fingerprint density at radius 2 is 1.67 bits per heavy atom. The first-order valence-electron chi connectivity index (χ1n) is 5.63. The van der Waals surface area contributed by atoms with Crippen LogP contribution in [0.25, 0.3) is 0 Å². The normalized spacial score (nSPS) is 9.89. The second kappa shape index (κ2) is 5.31. The molecule has 0 radical (unpaired) electrons. The molecule has 1 aromatic carbocycles. The highest BCUT2D eigenvalue weighted by atomic mass is 16.7. The van der Waals surface area contributed by atoms with Crippen LogP contribution in [0.1, 0.15) is 10.4 Å². The smallest absolute Gasteiger partial charge is 0.377 e. The molecule has 0 aliphatic heterocycles. The zero-order valence-electron chi connectivity index (χ0n) is 10.4. The van der Waals surface area contributed by atoms with Gasteiger partial charge in [-0.15, -0.1) is 0 Å². The predicted octanol–water partition coefficient (Wildman–Crippen LogP) is 1.31. The number of carbonyl (C=O) groups is 1. The summed E-state index contributed by atoms with van der Waals surface area (Å²) in [6, 6.07) is 12.6. The van der Waals surface area contributed by atoms with Crippen molar-refractivity contribution in [3.63, 3.8) is 0 Å². The fourth-order valence-electron chi connectivity index (χ4n) is 1.49. The Kier molecular flexibility index (Phi) is 3.57. The Morgan fingerprint density at radius 1 is 1.06 bits per heavy atom. The molecule has 92 valence electrons. The van der Waals surface area contributed by atoms with Gasteiger partial charge in [0.05, 0.1) is 5.56 Å². The van der Waals surface area contributed by atoms with Crippen molar-refractivity contribution in [2.45, 2.75) is 0 Å². The first-order chi connectivity index (χ1) is 8.66. The standard InChI is InChI=1S/C14H15N2O2/c1-15(2)13-8-10-16(11-9-13)18-14(17)12-6-4-3-5-7-12/h3-11H,1-2H3/q+1. The molecule has 0 saturated carbocycles. The summed E-state index contributed by atoms with van der Waals surface area (Å²) >= 11 is 0. The number of anilines is 1. The zero-order chi connectivity index (χ0) is 13.0. The molecule has 4 heteroatoms. The van der Waals surface area contributed by atoms with E-state index in [1.807, 2.05) is 37.2 Å². The van der Waals surface area contributed by atoms with Gasteiger partial charge in [0.2, 0.25) is 12.4 Å². The van der Waals surface area contributed by atoms with E-state index in [0.717, 1.165) is 5.69 Å². The highest BCUT2D eigenvalue weighted by molar-refractivity contribution is 5.88. The van der Waals surface area contributed by atoms with Crippen LogP contribution >= 0.6 is 0 Å². The van der Waals surface area contributed by atoms with Crippen LogP contribution in [0.15, 0.2) is 54.9 Å². The zero-order valence-corrected chi connectivity index (χ0v) is 10.4. The maximum atomic E-state index is 11.8. The van der Waals surface area contributed by atoms with Crippen molar-refractivity contribution in [1.82, 2.24) is 0 Å². The highest BCUT2D eigenvalue weighted by Crippen LogP contribution is 2.05. The minimum absolute atomic E-state index is 0.377. The van der Waals surface area contributed by atoms with E-state index in [4.69, 9.17) is 4.84 Å². The van der Waals surface area contributed by atoms with Gasteiger partial charge in [0.25, 0.3) is 0 Å². The van der Waals surface area contributed by atoms with Crippen molar-refractivity contribution < 1.29 is 14.4 Å². The topological polar surface area (TPSA) is 33.4 Å². The van der Waals surface area contributed by atoms with Gasteiger partial charge in [0.15, 0.2) is 0 Å². The van der Waals surface area contributed by atoms with E-state index in [-0.39, 0.29) is 5.97 Å². The highest BCUT2D eigenvalue weighted by Gasteiger charge is 2.13. The molecule has 2 rings (SSSR count). The van der Waals surface area contributed by atoms with Crippen molar-refractivity contribution in [1.29, 1.82) is 0 Å². The fraction of sp³-hybridized carbons (Fsp3) is 0.143. The Hall–Kier alpha value is -2.36. The Bertz CT molecular complexity index is 521. The van der Waals surface area contributed by atoms with Crippen LogP contribution in [-0.2, 0) is 0 Å². The number of carbonyl (C=O) groups excluding carboxylic acids is 1. The van der Waals surface area contributed by atoms with Crippen LogP contribution in [0.3, 0.4) is 0 Å². The van der Waals surface area contributed by atoms with Gasteiger partial charge in [-0.2, -0.15) is 4.84 Å². The first kappa shape index (κ1) is 12.1. The lowest BCUT2D eigenvalue weighted by molar-refractivity contribution is -0.868. The van der Waals surface area contributed by atoms with Gasteiger partial charge in [-0.25, -0.2) is 4.79 Å². The third-order valence-corrected chi connectivity index (χ3v) is 2.50. The molecule has 0 amide bonds. The molecule has 0 saturated heterocycles. The van der Waals surface area contributed by atoms with Gasteiger partial charge in [0.1, 0.15) is 0 Å². The van der Waals surface area contributed by atoms with E-state index in [0.29, 0.717) is 5.56 Å². The molecule has 0 fully saturated rings. The van der Waals surface area contributed by atoms with E-state index in [9.17, 15) is 4.79 Å². The summed E-state index contributed by atoms with van der Waals surface area (Å²) in [5.41, 5.74) is 1.57. The van der Waals surface area contributed by atoms with Crippen molar-refractivity contribution in [2.75, 3.05) is 19.0 Å². The van der Waals surface area contributed by atoms with E-state index >= 15 is 0 Å². The monoisotopic (exact) mass is 243 g/mol. The number of hydrogen-bond acceptors (Lipinski definition) is 3. The Balaban J connectivity index is 2.08. The van der Waals surface area contributed by atoms with Crippen LogP contribution in [-0.4, -0.2) is 20.1 Å². The molecule has 2 aromatic rings. The number of rotatable bonds is 3. The molecule has 0 aliphatic rings. The number of benzene rings is 1. The lowest BCUT2D eigenvalue weighted by Crippen LogP contribution is -2.45. The van der Waals surface area contributed by atoms with E-state index in [1.54, 1.807) is 36.7 Å². The summed E-state index contributed by atoms with van der Waals surface area (Å²) in [5, 5.41) is 0. The minimum Gasteiger partial charge on any atom is -0.377 e. The summed E-state index contributed by atoms with van der Waals surface area (Å²) in [4.78, 5) is 18.9. The van der Waals surface area contributed by atoms with Crippen LogP contribution in [0.5, 0.6) is 0 Å². The SMILES string of the molecule is CN(C)c1cc[n+](OC(=O)c2ccccc2)cc1. The van der Waals surface area contributed by atoms with Gasteiger partial charge in [-0.1, -0.05) is 18.2 Å². The first-order valence-corrected chi connectivity index (χ1v) is 5.63. The molecule has 0 bridgehead atoms. The van der Waals surface area contributed by atoms with E-state index in [2.05, 4.69) is 0 Å². The van der Waals surface area contributed by atoms with Gasteiger partial charge >= 0.3 is 5.97 Å². The summed E-state index contributed by atoms with van der Waals surface area (Å²) in [6.45, 7) is 0. The number of aromatic nitrogens is 1. The average molecular weight is 243 g/mol. The van der Waals surface area contributed by atoms with Crippen LogP contribution in [0.4, 0.5) is 5.69 Å². The van der Waals surface area contributed by atoms with E-state index < -0.39 is 0 Å².